The minimum absolute atomic E-state index is 0.611. The summed E-state index contributed by atoms with van der Waals surface area (Å²) in [6.45, 7) is 3.96. The third kappa shape index (κ3) is 4.37. The summed E-state index contributed by atoms with van der Waals surface area (Å²) in [5.41, 5.74) is 7.07. The highest BCUT2D eigenvalue weighted by Gasteiger charge is 2.12. The number of pyridine rings is 3. The van der Waals surface area contributed by atoms with E-state index in [1.165, 1.54) is 0 Å². The molecule has 0 aliphatic heterocycles. The van der Waals surface area contributed by atoms with Gasteiger partial charge in [-0.05, 0) is 50.2 Å². The number of halogens is 1. The molecular formula is C21H24ClN5. The first-order valence-electron chi connectivity index (χ1n) is 8.73. The fourth-order valence-electron chi connectivity index (χ4n) is 2.84. The van der Waals surface area contributed by atoms with Crippen LogP contribution >= 0.6 is 11.6 Å². The van der Waals surface area contributed by atoms with Gasteiger partial charge >= 0.3 is 0 Å². The Morgan fingerprint density at radius 2 is 0.963 bits per heavy atom. The Morgan fingerprint density at radius 1 is 0.593 bits per heavy atom. The topological polar surface area (TPSA) is 45.2 Å². The van der Waals surface area contributed by atoms with Gasteiger partial charge in [-0.15, -0.1) is 0 Å². The molecule has 3 aromatic rings. The van der Waals surface area contributed by atoms with E-state index >= 15 is 0 Å². The molecule has 0 N–H and O–H groups in total. The standard InChI is InChI=1S/C21H24ClN5/c1-13-7-16(26(3)4)11-20(23-13)18-9-15(22)10-19(25-18)21-12-17(27(5)6)8-14(2)24-21/h7-12H,1-6H3. The van der Waals surface area contributed by atoms with Gasteiger partial charge in [-0.3, -0.25) is 9.97 Å². The number of aryl methyl sites for hydroxylation is 2. The molecule has 0 unspecified atom stereocenters. The van der Waals surface area contributed by atoms with Crippen molar-refractivity contribution in [2.75, 3.05) is 38.0 Å². The third-order valence-corrected chi connectivity index (χ3v) is 4.44. The first-order chi connectivity index (χ1) is 12.7. The molecule has 0 fully saturated rings. The zero-order valence-electron chi connectivity index (χ0n) is 16.6. The van der Waals surface area contributed by atoms with Crippen LogP contribution in [0, 0.1) is 13.8 Å². The van der Waals surface area contributed by atoms with E-state index in [1.807, 2.05) is 78.4 Å². The molecule has 0 amide bonds. The van der Waals surface area contributed by atoms with Crippen molar-refractivity contribution in [2.45, 2.75) is 13.8 Å². The van der Waals surface area contributed by atoms with E-state index < -0.39 is 0 Å². The molecule has 5 nitrogen and oxygen atoms in total. The van der Waals surface area contributed by atoms with Gasteiger partial charge in [0.15, 0.2) is 0 Å². The molecule has 0 saturated heterocycles. The second kappa shape index (κ2) is 7.53. The lowest BCUT2D eigenvalue weighted by molar-refractivity contribution is 1.09. The van der Waals surface area contributed by atoms with E-state index in [-0.39, 0.29) is 0 Å². The second-order valence-corrected chi connectivity index (χ2v) is 7.49. The quantitative estimate of drug-likeness (QED) is 0.660. The van der Waals surface area contributed by atoms with E-state index in [1.54, 1.807) is 0 Å². The van der Waals surface area contributed by atoms with Crippen LogP contribution in [-0.4, -0.2) is 43.1 Å². The van der Waals surface area contributed by atoms with Crippen LogP contribution in [0.25, 0.3) is 22.8 Å². The van der Waals surface area contributed by atoms with Gasteiger partial charge in [0.05, 0.1) is 22.8 Å². The van der Waals surface area contributed by atoms with Crippen molar-refractivity contribution in [1.29, 1.82) is 0 Å². The molecule has 0 spiro atoms. The summed E-state index contributed by atoms with van der Waals surface area (Å²) >= 11 is 6.42. The van der Waals surface area contributed by atoms with E-state index in [2.05, 4.69) is 19.8 Å². The van der Waals surface area contributed by atoms with E-state index in [4.69, 9.17) is 16.6 Å². The van der Waals surface area contributed by atoms with Crippen LogP contribution in [0.15, 0.2) is 36.4 Å². The number of nitrogens with zero attached hydrogens (tertiary/aromatic N) is 5. The fraction of sp³-hybridized carbons (Fsp3) is 0.286. The van der Waals surface area contributed by atoms with Crippen molar-refractivity contribution < 1.29 is 0 Å². The first-order valence-corrected chi connectivity index (χ1v) is 9.11. The van der Waals surface area contributed by atoms with Crippen LogP contribution in [0.1, 0.15) is 11.4 Å². The Kier molecular flexibility index (Phi) is 5.33. The van der Waals surface area contributed by atoms with Crippen molar-refractivity contribution in [3.63, 3.8) is 0 Å². The lowest BCUT2D eigenvalue weighted by Gasteiger charge is -2.16. The average molecular weight is 382 g/mol. The smallest absolute Gasteiger partial charge is 0.0910 e. The Bertz CT molecular complexity index is 907. The molecule has 0 bridgehead atoms. The number of rotatable bonds is 4. The zero-order chi connectivity index (χ0) is 19.7. The molecule has 3 heterocycles. The van der Waals surface area contributed by atoms with Gasteiger partial charge in [0.1, 0.15) is 0 Å². The molecule has 6 heteroatoms. The zero-order valence-corrected chi connectivity index (χ0v) is 17.3. The predicted molar refractivity (Wildman–Crippen MR) is 114 cm³/mol. The summed E-state index contributed by atoms with van der Waals surface area (Å²) in [6, 6.07) is 11.8. The molecule has 0 aliphatic rings. The second-order valence-electron chi connectivity index (χ2n) is 7.05. The molecule has 0 aromatic carbocycles. The maximum absolute atomic E-state index is 6.42. The predicted octanol–water partition coefficient (Wildman–Crippen LogP) is 4.61. The highest BCUT2D eigenvalue weighted by Crippen LogP contribution is 2.29. The SMILES string of the molecule is Cc1cc(N(C)C)cc(-c2cc(Cl)cc(-c3cc(N(C)C)cc(C)n3)n2)n1. The molecule has 0 aliphatic carbocycles. The van der Waals surface area contributed by atoms with Crippen molar-refractivity contribution in [3.05, 3.63) is 52.8 Å². The average Bonchev–Trinajstić information content (AvgIpc) is 2.60. The third-order valence-electron chi connectivity index (χ3n) is 4.22. The summed E-state index contributed by atoms with van der Waals surface area (Å²) in [4.78, 5) is 18.2. The number of anilines is 2. The Morgan fingerprint density at radius 3 is 1.33 bits per heavy atom. The van der Waals surface area contributed by atoms with E-state index in [0.717, 1.165) is 45.5 Å². The maximum atomic E-state index is 6.42. The van der Waals surface area contributed by atoms with Crippen LogP contribution in [0.3, 0.4) is 0 Å². The van der Waals surface area contributed by atoms with Crippen molar-refractivity contribution in [3.8, 4) is 22.8 Å². The lowest BCUT2D eigenvalue weighted by Crippen LogP contribution is -2.10. The van der Waals surface area contributed by atoms with Crippen LogP contribution in [0.4, 0.5) is 11.4 Å². The highest BCUT2D eigenvalue weighted by atomic mass is 35.5. The van der Waals surface area contributed by atoms with Crippen molar-refractivity contribution >= 4 is 23.0 Å². The molecule has 140 valence electrons. The van der Waals surface area contributed by atoms with Gasteiger partial charge in [0, 0.05) is 56.0 Å². The Balaban J connectivity index is 2.14. The molecule has 27 heavy (non-hydrogen) atoms. The van der Waals surface area contributed by atoms with Gasteiger partial charge in [0.25, 0.3) is 0 Å². The highest BCUT2D eigenvalue weighted by molar-refractivity contribution is 6.31. The monoisotopic (exact) mass is 381 g/mol. The molecule has 3 rings (SSSR count). The summed E-state index contributed by atoms with van der Waals surface area (Å²) in [5, 5.41) is 0.611. The summed E-state index contributed by atoms with van der Waals surface area (Å²) in [7, 11) is 8.04. The normalized spacial score (nSPS) is 10.8. The van der Waals surface area contributed by atoms with Gasteiger partial charge in [-0.2, -0.15) is 0 Å². The Labute approximate surface area is 165 Å². The molecule has 0 atom stereocenters. The summed E-state index contributed by atoms with van der Waals surface area (Å²) in [5.74, 6) is 0. The molecule has 0 saturated carbocycles. The lowest BCUT2D eigenvalue weighted by atomic mass is 10.1. The van der Waals surface area contributed by atoms with Crippen LogP contribution in [0.2, 0.25) is 5.02 Å². The van der Waals surface area contributed by atoms with Crippen molar-refractivity contribution in [1.82, 2.24) is 15.0 Å². The van der Waals surface area contributed by atoms with Crippen molar-refractivity contribution in [2.24, 2.45) is 0 Å². The number of hydrogen-bond acceptors (Lipinski definition) is 5. The largest absolute Gasteiger partial charge is 0.378 e. The minimum Gasteiger partial charge on any atom is -0.378 e. The van der Waals surface area contributed by atoms with E-state index in [9.17, 15) is 0 Å². The fourth-order valence-corrected chi connectivity index (χ4v) is 3.05. The van der Waals surface area contributed by atoms with Crippen LogP contribution in [0.5, 0.6) is 0 Å². The number of hydrogen-bond donors (Lipinski definition) is 0. The first kappa shape index (κ1) is 19.1. The molecule has 3 aromatic heterocycles. The summed E-state index contributed by atoms with van der Waals surface area (Å²) in [6.07, 6.45) is 0. The molecular weight excluding hydrogens is 358 g/mol. The minimum atomic E-state index is 0.611. The molecule has 0 radical (unpaired) electrons. The van der Waals surface area contributed by atoms with E-state index in [0.29, 0.717) is 5.02 Å². The Hall–Kier alpha value is -2.66. The maximum Gasteiger partial charge on any atom is 0.0910 e. The summed E-state index contributed by atoms with van der Waals surface area (Å²) < 4.78 is 0. The number of aromatic nitrogens is 3. The van der Waals surface area contributed by atoms with Gasteiger partial charge in [0.2, 0.25) is 0 Å². The van der Waals surface area contributed by atoms with Crippen LogP contribution < -0.4 is 9.80 Å². The van der Waals surface area contributed by atoms with Crippen LogP contribution in [-0.2, 0) is 0 Å². The van der Waals surface area contributed by atoms with Gasteiger partial charge in [-0.1, -0.05) is 11.6 Å². The van der Waals surface area contributed by atoms with Gasteiger partial charge in [-0.25, -0.2) is 4.98 Å². The van der Waals surface area contributed by atoms with Gasteiger partial charge < -0.3 is 9.80 Å².